The van der Waals surface area contributed by atoms with Gasteiger partial charge in [0.05, 0.1) is 10.4 Å². The van der Waals surface area contributed by atoms with E-state index >= 15 is 0 Å². The third kappa shape index (κ3) is 3.04. The van der Waals surface area contributed by atoms with Gasteiger partial charge in [0.15, 0.2) is 0 Å². The zero-order valence-electron chi connectivity index (χ0n) is 9.58. The zero-order chi connectivity index (χ0) is 13.3. The maximum atomic E-state index is 13.2. The van der Waals surface area contributed by atoms with Crippen molar-refractivity contribution < 1.29 is 9.50 Å². The number of halogens is 3. The second-order valence-corrected chi connectivity index (χ2v) is 6.36. The first-order valence-corrected chi connectivity index (χ1v) is 6.92. The van der Waals surface area contributed by atoms with Crippen LogP contribution in [0.4, 0.5) is 4.39 Å². The second-order valence-electron chi connectivity index (χ2n) is 4.07. The molecule has 1 unspecified atom stereocenters. The van der Waals surface area contributed by atoms with Crippen molar-refractivity contribution in [3.8, 4) is 0 Å². The van der Waals surface area contributed by atoms with Crippen molar-refractivity contribution in [3.05, 3.63) is 55.4 Å². The quantitative estimate of drug-likeness (QED) is 0.865. The maximum Gasteiger partial charge on any atom is 0.123 e. The summed E-state index contributed by atoms with van der Waals surface area (Å²) in [6.45, 7) is 1.88. The van der Waals surface area contributed by atoms with Crippen molar-refractivity contribution >= 4 is 34.5 Å². The molecule has 1 nitrogen and oxygen atoms in total. The fraction of sp³-hybridized carbons (Fsp3) is 0.231. The number of aliphatic hydroxyl groups is 1. The maximum absolute atomic E-state index is 13.2. The van der Waals surface area contributed by atoms with Crippen LogP contribution in [-0.4, -0.2) is 5.11 Å². The second kappa shape index (κ2) is 5.57. The normalized spacial score (nSPS) is 12.7. The van der Waals surface area contributed by atoms with Gasteiger partial charge in [-0.05, 0) is 36.2 Å². The molecule has 0 saturated heterocycles. The zero-order valence-corrected chi connectivity index (χ0v) is 11.9. The molecule has 0 aliphatic carbocycles. The number of aryl methyl sites for hydroxylation is 1. The molecule has 0 aliphatic heterocycles. The molecule has 1 aromatic carbocycles. The Morgan fingerprint density at radius 1 is 1.33 bits per heavy atom. The van der Waals surface area contributed by atoms with Gasteiger partial charge in [0, 0.05) is 12.0 Å². The monoisotopic (exact) mass is 304 g/mol. The molecule has 1 aromatic heterocycles. The fourth-order valence-electron chi connectivity index (χ4n) is 1.76. The molecule has 0 bridgehead atoms. The Balaban J connectivity index is 2.23. The summed E-state index contributed by atoms with van der Waals surface area (Å²) in [5.41, 5.74) is 2.30. The molecule has 0 radical (unpaired) electrons. The van der Waals surface area contributed by atoms with Gasteiger partial charge in [-0.3, -0.25) is 0 Å². The van der Waals surface area contributed by atoms with E-state index in [4.69, 9.17) is 23.2 Å². The van der Waals surface area contributed by atoms with Crippen LogP contribution >= 0.6 is 34.5 Å². The first-order valence-electron chi connectivity index (χ1n) is 5.35. The molecule has 2 rings (SSSR count). The van der Waals surface area contributed by atoms with E-state index in [0.717, 1.165) is 11.1 Å². The summed E-state index contributed by atoms with van der Waals surface area (Å²) < 4.78 is 14.2. The lowest BCUT2D eigenvalue weighted by Gasteiger charge is -2.12. The highest BCUT2D eigenvalue weighted by Crippen LogP contribution is 2.36. The van der Waals surface area contributed by atoms with E-state index in [-0.39, 0.29) is 5.82 Å². The molecule has 0 spiro atoms. The van der Waals surface area contributed by atoms with Crippen LogP contribution < -0.4 is 0 Å². The van der Waals surface area contributed by atoms with Gasteiger partial charge in [-0.1, -0.05) is 29.3 Å². The highest BCUT2D eigenvalue weighted by molar-refractivity contribution is 7.20. The standard InChI is InChI=1S/C13H11Cl2FOS/c1-7-2-3-9(16)4-8(7)5-11(17)10-6-12(14)18-13(10)15/h2-4,6,11,17H,5H2,1H3. The van der Waals surface area contributed by atoms with Gasteiger partial charge in [-0.15, -0.1) is 11.3 Å². The molecule has 0 saturated carbocycles. The average molecular weight is 305 g/mol. The van der Waals surface area contributed by atoms with Gasteiger partial charge in [0.25, 0.3) is 0 Å². The molecule has 0 fully saturated rings. The van der Waals surface area contributed by atoms with E-state index in [9.17, 15) is 9.50 Å². The Morgan fingerprint density at radius 3 is 2.67 bits per heavy atom. The molecule has 2 aromatic rings. The SMILES string of the molecule is Cc1ccc(F)cc1CC(O)c1cc(Cl)sc1Cl. The molecule has 18 heavy (non-hydrogen) atoms. The van der Waals surface area contributed by atoms with E-state index in [1.807, 2.05) is 6.92 Å². The Kier molecular flexibility index (Phi) is 4.28. The minimum absolute atomic E-state index is 0.308. The molecule has 0 aliphatic rings. The Hall–Kier alpha value is -0.610. The van der Waals surface area contributed by atoms with Crippen molar-refractivity contribution in [1.29, 1.82) is 0 Å². The van der Waals surface area contributed by atoms with Crippen LogP contribution in [0.25, 0.3) is 0 Å². The van der Waals surface area contributed by atoms with Crippen LogP contribution in [0.2, 0.25) is 8.67 Å². The van der Waals surface area contributed by atoms with Crippen LogP contribution in [0.1, 0.15) is 22.8 Å². The topological polar surface area (TPSA) is 20.2 Å². The first-order chi connectivity index (χ1) is 8.47. The smallest absolute Gasteiger partial charge is 0.123 e. The fourth-order valence-corrected chi connectivity index (χ4v) is 3.33. The highest BCUT2D eigenvalue weighted by atomic mass is 35.5. The number of hydrogen-bond donors (Lipinski definition) is 1. The van der Waals surface area contributed by atoms with E-state index in [2.05, 4.69) is 0 Å². The molecule has 1 atom stereocenters. The Bertz CT molecular complexity index is 568. The molecule has 96 valence electrons. The Labute approximate surface area is 119 Å². The first kappa shape index (κ1) is 13.8. The minimum Gasteiger partial charge on any atom is -0.388 e. The van der Waals surface area contributed by atoms with Crippen molar-refractivity contribution in [2.75, 3.05) is 0 Å². The summed E-state index contributed by atoms with van der Waals surface area (Å²) in [4.78, 5) is 0. The van der Waals surface area contributed by atoms with Crippen LogP contribution in [0.3, 0.4) is 0 Å². The summed E-state index contributed by atoms with van der Waals surface area (Å²) in [6.07, 6.45) is -0.460. The predicted octanol–water partition coefficient (Wildman–Crippen LogP) is 4.78. The summed E-state index contributed by atoms with van der Waals surface area (Å²) in [7, 11) is 0. The summed E-state index contributed by atoms with van der Waals surface area (Å²) in [5.74, 6) is -0.308. The lowest BCUT2D eigenvalue weighted by atomic mass is 9.99. The van der Waals surface area contributed by atoms with E-state index in [1.54, 1.807) is 12.1 Å². The van der Waals surface area contributed by atoms with E-state index in [1.165, 1.54) is 23.5 Å². The number of hydrogen-bond acceptors (Lipinski definition) is 2. The summed E-state index contributed by atoms with van der Waals surface area (Å²) >= 11 is 13.0. The van der Waals surface area contributed by atoms with Crippen molar-refractivity contribution in [2.45, 2.75) is 19.4 Å². The molecule has 0 amide bonds. The number of thiophene rings is 1. The lowest BCUT2D eigenvalue weighted by molar-refractivity contribution is 0.179. The van der Waals surface area contributed by atoms with E-state index < -0.39 is 6.10 Å². The highest BCUT2D eigenvalue weighted by Gasteiger charge is 2.16. The third-order valence-electron chi connectivity index (χ3n) is 2.77. The minimum atomic E-state index is -0.776. The number of rotatable bonds is 3. The summed E-state index contributed by atoms with van der Waals surface area (Å²) in [6, 6.07) is 6.17. The number of aliphatic hydroxyl groups excluding tert-OH is 1. The molecule has 5 heteroatoms. The van der Waals surface area contributed by atoms with Crippen molar-refractivity contribution in [3.63, 3.8) is 0 Å². The molecule has 1 heterocycles. The van der Waals surface area contributed by atoms with E-state index in [0.29, 0.717) is 20.7 Å². The van der Waals surface area contributed by atoms with Crippen LogP contribution in [0, 0.1) is 12.7 Å². The van der Waals surface area contributed by atoms with Gasteiger partial charge in [0.1, 0.15) is 10.2 Å². The van der Waals surface area contributed by atoms with Gasteiger partial charge >= 0.3 is 0 Å². The van der Waals surface area contributed by atoms with Crippen LogP contribution in [0.15, 0.2) is 24.3 Å². The summed E-state index contributed by atoms with van der Waals surface area (Å²) in [5, 5.41) is 10.1. The van der Waals surface area contributed by atoms with Crippen molar-refractivity contribution in [2.24, 2.45) is 0 Å². The van der Waals surface area contributed by atoms with Gasteiger partial charge in [0.2, 0.25) is 0 Å². The predicted molar refractivity (Wildman–Crippen MR) is 74.1 cm³/mol. The average Bonchev–Trinajstić information content (AvgIpc) is 2.63. The van der Waals surface area contributed by atoms with Crippen LogP contribution in [0.5, 0.6) is 0 Å². The van der Waals surface area contributed by atoms with Gasteiger partial charge in [-0.25, -0.2) is 4.39 Å². The van der Waals surface area contributed by atoms with Gasteiger partial charge < -0.3 is 5.11 Å². The third-order valence-corrected chi connectivity index (χ3v) is 4.28. The molecular formula is C13H11Cl2FOS. The van der Waals surface area contributed by atoms with Crippen LogP contribution in [-0.2, 0) is 6.42 Å². The lowest BCUT2D eigenvalue weighted by Crippen LogP contribution is -2.03. The molecular weight excluding hydrogens is 294 g/mol. The van der Waals surface area contributed by atoms with Gasteiger partial charge in [-0.2, -0.15) is 0 Å². The number of benzene rings is 1. The van der Waals surface area contributed by atoms with Crippen molar-refractivity contribution in [1.82, 2.24) is 0 Å². The largest absolute Gasteiger partial charge is 0.388 e. The Morgan fingerprint density at radius 2 is 2.06 bits per heavy atom. The molecule has 1 N–H and O–H groups in total.